The van der Waals surface area contributed by atoms with E-state index in [1.54, 1.807) is 6.20 Å². The number of aliphatic imine (C=N–C) groups is 1. The van der Waals surface area contributed by atoms with Crippen molar-refractivity contribution in [3.63, 3.8) is 0 Å². The molecule has 29 heavy (non-hydrogen) atoms. The number of likely N-dealkylation sites (tertiary alicyclic amines) is 1. The van der Waals surface area contributed by atoms with Crippen LogP contribution in [0.2, 0.25) is 0 Å². The number of nitrogens with zero attached hydrogens (tertiary/aromatic N) is 4. The van der Waals surface area contributed by atoms with Gasteiger partial charge in [0.05, 0.1) is 12.6 Å². The van der Waals surface area contributed by atoms with E-state index in [9.17, 15) is 5.11 Å². The van der Waals surface area contributed by atoms with Crippen LogP contribution in [0.5, 0.6) is 0 Å². The summed E-state index contributed by atoms with van der Waals surface area (Å²) in [5, 5.41) is 20.5. The van der Waals surface area contributed by atoms with Gasteiger partial charge >= 0.3 is 0 Å². The molecule has 2 heterocycles. The van der Waals surface area contributed by atoms with E-state index in [2.05, 4.69) is 51.8 Å². The van der Waals surface area contributed by atoms with Crippen molar-refractivity contribution in [2.24, 2.45) is 4.99 Å². The first-order valence-electron chi connectivity index (χ1n) is 10.7. The summed E-state index contributed by atoms with van der Waals surface area (Å²) in [4.78, 5) is 7.12. The third-order valence-corrected chi connectivity index (χ3v) is 5.17. The molecular formula is C22H34N6O. The van der Waals surface area contributed by atoms with Gasteiger partial charge in [-0.2, -0.15) is 5.10 Å². The average Bonchev–Trinajstić information content (AvgIpc) is 3.25. The Bertz CT molecular complexity index is 720. The Morgan fingerprint density at radius 1 is 1.17 bits per heavy atom. The summed E-state index contributed by atoms with van der Waals surface area (Å²) in [6.45, 7) is 8.24. The highest BCUT2D eigenvalue weighted by Gasteiger charge is 2.16. The minimum Gasteiger partial charge on any atom is -0.393 e. The van der Waals surface area contributed by atoms with E-state index in [0.29, 0.717) is 6.54 Å². The van der Waals surface area contributed by atoms with Gasteiger partial charge in [-0.1, -0.05) is 24.3 Å². The molecule has 3 rings (SSSR count). The average molecular weight is 399 g/mol. The number of hydrogen-bond donors (Lipinski definition) is 3. The van der Waals surface area contributed by atoms with Gasteiger partial charge in [0.1, 0.15) is 0 Å². The van der Waals surface area contributed by atoms with Gasteiger partial charge in [0.25, 0.3) is 0 Å². The predicted molar refractivity (Wildman–Crippen MR) is 117 cm³/mol. The van der Waals surface area contributed by atoms with Crippen LogP contribution in [-0.2, 0) is 19.6 Å². The molecule has 2 aromatic rings. The minimum atomic E-state index is -0.114. The van der Waals surface area contributed by atoms with Crippen molar-refractivity contribution in [2.45, 2.75) is 51.9 Å². The van der Waals surface area contributed by atoms with Crippen LogP contribution in [0.25, 0.3) is 0 Å². The third kappa shape index (κ3) is 7.51. The fourth-order valence-corrected chi connectivity index (χ4v) is 3.48. The Labute approximate surface area is 173 Å². The van der Waals surface area contributed by atoms with E-state index in [0.717, 1.165) is 64.5 Å². The molecule has 0 bridgehead atoms. The summed E-state index contributed by atoms with van der Waals surface area (Å²) in [6.07, 6.45) is 6.44. The number of aryl methyl sites for hydroxylation is 1. The van der Waals surface area contributed by atoms with Crippen LogP contribution in [-0.4, -0.2) is 58.0 Å². The van der Waals surface area contributed by atoms with Gasteiger partial charge in [0.2, 0.25) is 0 Å². The van der Waals surface area contributed by atoms with Crippen LogP contribution < -0.4 is 10.6 Å². The molecule has 0 radical (unpaired) electrons. The Kier molecular flexibility index (Phi) is 8.52. The van der Waals surface area contributed by atoms with Gasteiger partial charge in [0, 0.05) is 51.7 Å². The standard InChI is InChI=1S/C22H34N6O/c1-2-23-22(24-11-3-13-28-14-4-12-26-28)25-17-19-5-7-20(8-6-19)18-27-15-9-21(29)10-16-27/h4-8,12,14,21,29H,2-3,9-11,13,15-18H2,1H3,(H2,23,24,25). The molecule has 1 aromatic heterocycles. The first-order valence-corrected chi connectivity index (χ1v) is 10.7. The lowest BCUT2D eigenvalue weighted by Crippen LogP contribution is -2.38. The summed E-state index contributed by atoms with van der Waals surface area (Å²) in [6, 6.07) is 10.7. The molecule has 0 spiro atoms. The molecule has 0 saturated carbocycles. The maximum absolute atomic E-state index is 9.63. The molecule has 158 valence electrons. The largest absolute Gasteiger partial charge is 0.393 e. The maximum Gasteiger partial charge on any atom is 0.191 e. The number of nitrogens with one attached hydrogen (secondary N) is 2. The SMILES string of the molecule is CCNC(=NCc1ccc(CN2CCC(O)CC2)cc1)NCCCn1cccn1. The lowest BCUT2D eigenvalue weighted by atomic mass is 10.1. The zero-order valence-corrected chi connectivity index (χ0v) is 17.4. The Hall–Kier alpha value is -2.38. The van der Waals surface area contributed by atoms with Crippen LogP contribution in [0, 0.1) is 0 Å². The molecule has 0 unspecified atom stereocenters. The van der Waals surface area contributed by atoms with E-state index < -0.39 is 0 Å². The number of rotatable bonds is 9. The van der Waals surface area contributed by atoms with Gasteiger partial charge < -0.3 is 15.7 Å². The number of aliphatic hydroxyl groups excluding tert-OH is 1. The van der Waals surface area contributed by atoms with Crippen molar-refractivity contribution in [1.29, 1.82) is 0 Å². The zero-order chi connectivity index (χ0) is 20.3. The van der Waals surface area contributed by atoms with E-state index >= 15 is 0 Å². The highest BCUT2D eigenvalue weighted by molar-refractivity contribution is 5.79. The van der Waals surface area contributed by atoms with Crippen molar-refractivity contribution in [3.8, 4) is 0 Å². The molecule has 7 heteroatoms. The Morgan fingerprint density at radius 2 is 1.93 bits per heavy atom. The van der Waals surface area contributed by atoms with Gasteiger partial charge in [-0.25, -0.2) is 4.99 Å². The molecule has 7 nitrogen and oxygen atoms in total. The second-order valence-electron chi connectivity index (χ2n) is 7.57. The van der Waals surface area contributed by atoms with Crippen molar-refractivity contribution >= 4 is 5.96 Å². The fraction of sp³-hybridized carbons (Fsp3) is 0.545. The maximum atomic E-state index is 9.63. The molecule has 1 fully saturated rings. The highest BCUT2D eigenvalue weighted by Crippen LogP contribution is 2.14. The summed E-state index contributed by atoms with van der Waals surface area (Å²) in [7, 11) is 0. The number of hydrogen-bond acceptors (Lipinski definition) is 4. The minimum absolute atomic E-state index is 0.114. The molecule has 0 atom stereocenters. The summed E-state index contributed by atoms with van der Waals surface area (Å²) in [5.41, 5.74) is 2.52. The van der Waals surface area contributed by atoms with Crippen LogP contribution in [0.15, 0.2) is 47.7 Å². The first kappa shape index (κ1) is 21.3. The summed E-state index contributed by atoms with van der Waals surface area (Å²) in [5.74, 6) is 0.851. The molecule has 1 aliphatic heterocycles. The number of guanidine groups is 1. The second kappa shape index (κ2) is 11.6. The molecule has 1 saturated heterocycles. The normalized spacial score (nSPS) is 16.1. The highest BCUT2D eigenvalue weighted by atomic mass is 16.3. The van der Waals surface area contributed by atoms with Gasteiger partial charge in [-0.05, 0) is 43.4 Å². The second-order valence-corrected chi connectivity index (χ2v) is 7.57. The Balaban J connectivity index is 1.43. The Morgan fingerprint density at radius 3 is 2.62 bits per heavy atom. The van der Waals surface area contributed by atoms with E-state index in [-0.39, 0.29) is 6.10 Å². The van der Waals surface area contributed by atoms with Crippen LogP contribution >= 0.6 is 0 Å². The lowest BCUT2D eigenvalue weighted by Gasteiger charge is -2.29. The third-order valence-electron chi connectivity index (χ3n) is 5.17. The van der Waals surface area contributed by atoms with Crippen LogP contribution in [0.3, 0.4) is 0 Å². The van der Waals surface area contributed by atoms with Gasteiger partial charge in [-0.15, -0.1) is 0 Å². The smallest absolute Gasteiger partial charge is 0.191 e. The quantitative estimate of drug-likeness (QED) is 0.342. The van der Waals surface area contributed by atoms with E-state index in [1.165, 1.54) is 11.1 Å². The zero-order valence-electron chi connectivity index (χ0n) is 17.4. The van der Waals surface area contributed by atoms with E-state index in [1.807, 2.05) is 16.9 Å². The van der Waals surface area contributed by atoms with Gasteiger partial charge in [0.15, 0.2) is 5.96 Å². The molecule has 0 amide bonds. The fourth-order valence-electron chi connectivity index (χ4n) is 3.48. The molecular weight excluding hydrogens is 364 g/mol. The molecule has 1 aliphatic rings. The lowest BCUT2D eigenvalue weighted by molar-refractivity contribution is 0.0792. The van der Waals surface area contributed by atoms with Gasteiger partial charge in [-0.3, -0.25) is 9.58 Å². The van der Waals surface area contributed by atoms with Crippen LogP contribution in [0.1, 0.15) is 37.3 Å². The number of aliphatic hydroxyl groups is 1. The monoisotopic (exact) mass is 398 g/mol. The number of benzene rings is 1. The van der Waals surface area contributed by atoms with Crippen molar-refractivity contribution < 1.29 is 5.11 Å². The van der Waals surface area contributed by atoms with Crippen molar-refractivity contribution in [2.75, 3.05) is 26.2 Å². The molecule has 3 N–H and O–H groups in total. The molecule has 1 aromatic carbocycles. The number of aromatic nitrogens is 2. The number of piperidine rings is 1. The van der Waals surface area contributed by atoms with Crippen molar-refractivity contribution in [1.82, 2.24) is 25.3 Å². The van der Waals surface area contributed by atoms with Crippen LogP contribution in [0.4, 0.5) is 0 Å². The topological polar surface area (TPSA) is 77.7 Å². The molecule has 0 aliphatic carbocycles. The summed E-state index contributed by atoms with van der Waals surface area (Å²) < 4.78 is 1.94. The van der Waals surface area contributed by atoms with E-state index in [4.69, 9.17) is 4.99 Å². The first-order chi connectivity index (χ1) is 14.2. The van der Waals surface area contributed by atoms with Crippen molar-refractivity contribution in [3.05, 3.63) is 53.9 Å². The predicted octanol–water partition coefficient (Wildman–Crippen LogP) is 1.99. The summed E-state index contributed by atoms with van der Waals surface area (Å²) >= 11 is 0.